The molecule has 0 heterocycles. The summed E-state index contributed by atoms with van der Waals surface area (Å²) in [7, 11) is 0. The van der Waals surface area contributed by atoms with E-state index in [9.17, 15) is 5.11 Å². The molecule has 0 amide bonds. The number of aliphatic hydroxyl groups excluding tert-OH is 1. The molecule has 0 aliphatic heterocycles. The van der Waals surface area contributed by atoms with Crippen molar-refractivity contribution in [3.8, 4) is 0 Å². The van der Waals surface area contributed by atoms with Gasteiger partial charge in [0.15, 0.2) is 0 Å². The molecule has 0 aromatic heterocycles. The van der Waals surface area contributed by atoms with Crippen molar-refractivity contribution in [1.29, 1.82) is 0 Å². The molecule has 1 N–H and O–H groups in total. The van der Waals surface area contributed by atoms with Crippen LogP contribution in [-0.2, 0) is 0 Å². The van der Waals surface area contributed by atoms with Crippen LogP contribution in [0.2, 0.25) is 0 Å². The van der Waals surface area contributed by atoms with Crippen LogP contribution in [0.3, 0.4) is 0 Å². The van der Waals surface area contributed by atoms with Gasteiger partial charge in [0.2, 0.25) is 0 Å². The van der Waals surface area contributed by atoms with Gasteiger partial charge >= 0.3 is 0 Å². The van der Waals surface area contributed by atoms with Crippen molar-refractivity contribution in [2.75, 3.05) is 0 Å². The van der Waals surface area contributed by atoms with Gasteiger partial charge in [-0.1, -0.05) is 76.6 Å². The highest BCUT2D eigenvalue weighted by Gasteiger charge is 2.50. The standard InChI is InChI=1S/C28H44O/c1-19(2)20(3)9-10-22(5)26-15-16-27-23(8-7-17-28(26,27)6)12-13-24-18-25(29)14-11-21(24)4/h9-10,12-13,19-20,22,25-27,29H,4,7-8,11,14-18H2,1-3,5-6H3/b10-9+,23-12-,24-13-/t20-,22+,25-,26+,27-,28+/m0/s1. The van der Waals surface area contributed by atoms with Gasteiger partial charge in [0.05, 0.1) is 6.10 Å². The van der Waals surface area contributed by atoms with Gasteiger partial charge in [0, 0.05) is 0 Å². The van der Waals surface area contributed by atoms with E-state index in [4.69, 9.17) is 0 Å². The number of hydrogen-bond acceptors (Lipinski definition) is 1. The third-order valence-corrected chi connectivity index (χ3v) is 8.63. The maximum absolute atomic E-state index is 10.0. The zero-order chi connectivity index (χ0) is 21.2. The molecule has 3 rings (SSSR count). The minimum atomic E-state index is -0.182. The molecule has 3 saturated carbocycles. The summed E-state index contributed by atoms with van der Waals surface area (Å²) in [5.41, 5.74) is 4.61. The van der Waals surface area contributed by atoms with E-state index in [0.717, 1.165) is 37.0 Å². The summed E-state index contributed by atoms with van der Waals surface area (Å²) in [6.07, 6.45) is 18.8. The Morgan fingerprint density at radius 2 is 1.79 bits per heavy atom. The molecule has 1 nitrogen and oxygen atoms in total. The fraction of sp³-hybridized carbons (Fsp3) is 0.714. The van der Waals surface area contributed by atoms with Crippen LogP contribution in [0.5, 0.6) is 0 Å². The summed E-state index contributed by atoms with van der Waals surface area (Å²) in [4.78, 5) is 0. The Hall–Kier alpha value is -1.08. The van der Waals surface area contributed by atoms with Gasteiger partial charge in [-0.2, -0.15) is 0 Å². The van der Waals surface area contributed by atoms with E-state index in [0.29, 0.717) is 17.3 Å². The van der Waals surface area contributed by atoms with Gasteiger partial charge in [-0.3, -0.25) is 0 Å². The quantitative estimate of drug-likeness (QED) is 0.473. The van der Waals surface area contributed by atoms with Crippen LogP contribution >= 0.6 is 0 Å². The molecule has 3 fully saturated rings. The molecule has 0 saturated heterocycles. The molecule has 0 aromatic rings. The van der Waals surface area contributed by atoms with Crippen LogP contribution in [-0.4, -0.2) is 11.2 Å². The maximum atomic E-state index is 10.0. The lowest BCUT2D eigenvalue weighted by Crippen LogP contribution is -2.35. The van der Waals surface area contributed by atoms with Crippen molar-refractivity contribution in [2.24, 2.45) is 35.0 Å². The van der Waals surface area contributed by atoms with E-state index in [-0.39, 0.29) is 6.10 Å². The minimum Gasteiger partial charge on any atom is -0.393 e. The number of allylic oxidation sites excluding steroid dienone is 6. The fourth-order valence-electron chi connectivity index (χ4n) is 6.25. The molecule has 29 heavy (non-hydrogen) atoms. The first-order chi connectivity index (χ1) is 13.7. The number of rotatable bonds is 5. The summed E-state index contributed by atoms with van der Waals surface area (Å²) >= 11 is 0. The van der Waals surface area contributed by atoms with Crippen molar-refractivity contribution in [3.05, 3.63) is 47.6 Å². The summed E-state index contributed by atoms with van der Waals surface area (Å²) in [6.45, 7) is 16.3. The lowest BCUT2D eigenvalue weighted by atomic mass is 9.61. The minimum absolute atomic E-state index is 0.182. The lowest BCUT2D eigenvalue weighted by molar-refractivity contribution is 0.112. The van der Waals surface area contributed by atoms with E-state index in [1.807, 2.05) is 0 Å². The molecule has 0 radical (unpaired) electrons. The van der Waals surface area contributed by atoms with Crippen LogP contribution in [0, 0.1) is 35.0 Å². The van der Waals surface area contributed by atoms with Crippen LogP contribution in [0.15, 0.2) is 47.6 Å². The topological polar surface area (TPSA) is 20.2 Å². The molecule has 0 aromatic carbocycles. The third kappa shape index (κ3) is 4.98. The first-order valence-electron chi connectivity index (χ1n) is 12.2. The molecule has 1 heteroatoms. The first-order valence-corrected chi connectivity index (χ1v) is 12.2. The van der Waals surface area contributed by atoms with Crippen LogP contribution in [0.25, 0.3) is 0 Å². The van der Waals surface area contributed by atoms with E-state index < -0.39 is 0 Å². The smallest absolute Gasteiger partial charge is 0.0583 e. The van der Waals surface area contributed by atoms with E-state index >= 15 is 0 Å². The monoisotopic (exact) mass is 396 g/mol. The average Bonchev–Trinajstić information content (AvgIpc) is 3.04. The highest BCUT2D eigenvalue weighted by atomic mass is 16.3. The Bertz CT molecular complexity index is 678. The zero-order valence-corrected chi connectivity index (χ0v) is 19.6. The maximum Gasteiger partial charge on any atom is 0.0583 e. The number of hydrogen-bond donors (Lipinski definition) is 1. The van der Waals surface area contributed by atoms with Crippen molar-refractivity contribution < 1.29 is 5.11 Å². The van der Waals surface area contributed by atoms with Gasteiger partial charge in [0.25, 0.3) is 0 Å². The molecular formula is C28H44O. The second-order valence-electron chi connectivity index (χ2n) is 10.9. The van der Waals surface area contributed by atoms with Crippen molar-refractivity contribution in [1.82, 2.24) is 0 Å². The first kappa shape index (κ1) is 22.6. The van der Waals surface area contributed by atoms with Gasteiger partial charge in [0.1, 0.15) is 0 Å². The SMILES string of the molecule is C=C1CC[C@H](O)C/C1=C/C=C1/CCC[C@]2(C)[C@@H]([C@H](C)/C=C/[C@H](C)C(C)C)CC[C@@H]12. The van der Waals surface area contributed by atoms with Gasteiger partial charge in [-0.15, -0.1) is 0 Å². The molecular weight excluding hydrogens is 352 g/mol. The summed E-state index contributed by atoms with van der Waals surface area (Å²) in [6, 6.07) is 0. The van der Waals surface area contributed by atoms with Gasteiger partial charge in [-0.25, -0.2) is 0 Å². The van der Waals surface area contributed by atoms with Crippen LogP contribution < -0.4 is 0 Å². The van der Waals surface area contributed by atoms with Crippen LogP contribution in [0.1, 0.15) is 86.0 Å². The Morgan fingerprint density at radius 1 is 1.03 bits per heavy atom. The molecule has 0 bridgehead atoms. The Labute approximate surface area is 180 Å². The van der Waals surface area contributed by atoms with E-state index in [1.165, 1.54) is 43.3 Å². The van der Waals surface area contributed by atoms with Gasteiger partial charge < -0.3 is 5.11 Å². The predicted molar refractivity (Wildman–Crippen MR) is 126 cm³/mol. The Kier molecular flexibility index (Phi) is 7.31. The second kappa shape index (κ2) is 9.38. The second-order valence-corrected chi connectivity index (χ2v) is 10.9. The highest BCUT2D eigenvalue weighted by Crippen LogP contribution is 2.59. The van der Waals surface area contributed by atoms with Crippen LogP contribution in [0.4, 0.5) is 0 Å². The molecule has 3 aliphatic rings. The normalized spacial score (nSPS) is 38.2. The fourth-order valence-corrected chi connectivity index (χ4v) is 6.25. The summed E-state index contributed by atoms with van der Waals surface area (Å²) in [5, 5.41) is 10.0. The Morgan fingerprint density at radius 3 is 2.52 bits per heavy atom. The predicted octanol–water partition coefficient (Wildman–Crippen LogP) is 7.64. The van der Waals surface area contributed by atoms with E-state index in [2.05, 4.69) is 65.5 Å². The largest absolute Gasteiger partial charge is 0.393 e. The summed E-state index contributed by atoms with van der Waals surface area (Å²) in [5.74, 6) is 3.58. The third-order valence-electron chi connectivity index (χ3n) is 8.63. The molecule has 0 spiro atoms. The Balaban J connectivity index is 1.75. The van der Waals surface area contributed by atoms with Gasteiger partial charge in [-0.05, 0) is 91.9 Å². The molecule has 0 unspecified atom stereocenters. The van der Waals surface area contributed by atoms with Crippen molar-refractivity contribution >= 4 is 0 Å². The number of fused-ring (bicyclic) bond motifs is 1. The molecule has 6 atom stereocenters. The van der Waals surface area contributed by atoms with Crippen molar-refractivity contribution in [2.45, 2.75) is 92.1 Å². The van der Waals surface area contributed by atoms with Crippen molar-refractivity contribution in [3.63, 3.8) is 0 Å². The molecule has 162 valence electrons. The summed E-state index contributed by atoms with van der Waals surface area (Å²) < 4.78 is 0. The number of aliphatic hydroxyl groups is 1. The average molecular weight is 397 g/mol. The van der Waals surface area contributed by atoms with E-state index in [1.54, 1.807) is 5.57 Å². The highest BCUT2D eigenvalue weighted by molar-refractivity contribution is 5.36. The zero-order valence-electron chi connectivity index (χ0n) is 19.6. The molecule has 3 aliphatic carbocycles. The lowest BCUT2D eigenvalue weighted by Gasteiger charge is -2.44.